The first-order chi connectivity index (χ1) is 9.10. The molecule has 1 N–H and O–H groups in total. The molecule has 0 fully saturated rings. The number of aliphatic hydroxyl groups excluding tert-OH is 1. The lowest BCUT2D eigenvalue weighted by Gasteiger charge is -2.22. The van der Waals surface area contributed by atoms with Crippen molar-refractivity contribution in [3.8, 4) is 0 Å². The van der Waals surface area contributed by atoms with Gasteiger partial charge in [-0.1, -0.05) is 38.5 Å². The van der Waals surface area contributed by atoms with Crippen LogP contribution in [0.25, 0.3) is 0 Å². The number of hydrogen-bond donors (Lipinski definition) is 1. The van der Waals surface area contributed by atoms with Crippen LogP contribution in [0.2, 0.25) is 0 Å². The van der Waals surface area contributed by atoms with Gasteiger partial charge < -0.3 is 5.11 Å². The maximum atomic E-state index is 11.9. The molecule has 0 spiro atoms. The second kappa shape index (κ2) is 6.70. The summed E-state index contributed by atoms with van der Waals surface area (Å²) in [5.41, 5.74) is 0.999. The number of benzene rings is 1. The maximum Gasteiger partial charge on any atom is 0.296 e. The van der Waals surface area contributed by atoms with Gasteiger partial charge in [0.2, 0.25) is 0 Å². The molecule has 0 saturated heterocycles. The fourth-order valence-electron chi connectivity index (χ4n) is 1.88. The van der Waals surface area contributed by atoms with Crippen LogP contribution >= 0.6 is 0 Å². The summed E-state index contributed by atoms with van der Waals surface area (Å²) in [6.07, 6.45) is 0.367. The van der Waals surface area contributed by atoms with E-state index in [9.17, 15) is 13.5 Å². The molecular weight excluding hydrogens is 276 g/mol. The van der Waals surface area contributed by atoms with Gasteiger partial charge in [0.1, 0.15) is 0 Å². The molecule has 0 amide bonds. The third kappa shape index (κ3) is 6.03. The van der Waals surface area contributed by atoms with Crippen LogP contribution in [0.15, 0.2) is 29.2 Å². The molecule has 0 bridgehead atoms. The molecule has 0 aromatic heterocycles. The standard InChI is InChI=1S/C15H24O4S/c1-12-5-7-14(8-6-12)20(17,18)19-10-9-13(16)11-15(2,3)4/h5-8,13,16H,9-11H2,1-4H3/t13-/m0/s1. The van der Waals surface area contributed by atoms with Crippen LogP contribution in [-0.4, -0.2) is 26.2 Å². The summed E-state index contributed by atoms with van der Waals surface area (Å²) in [7, 11) is -3.73. The normalized spacial score (nSPS) is 14.2. The van der Waals surface area contributed by atoms with Gasteiger partial charge in [0.15, 0.2) is 0 Å². The zero-order chi connectivity index (χ0) is 15.4. The monoisotopic (exact) mass is 300 g/mol. The summed E-state index contributed by atoms with van der Waals surface area (Å²) in [6.45, 7) is 7.97. The molecule has 1 aromatic carbocycles. The average molecular weight is 300 g/mol. The fraction of sp³-hybridized carbons (Fsp3) is 0.600. The first-order valence-corrected chi connectivity index (χ1v) is 8.15. The second-order valence-corrected chi connectivity index (χ2v) is 7.91. The second-order valence-electron chi connectivity index (χ2n) is 6.30. The fourth-order valence-corrected chi connectivity index (χ4v) is 2.80. The zero-order valence-corrected chi connectivity index (χ0v) is 13.4. The summed E-state index contributed by atoms with van der Waals surface area (Å²) >= 11 is 0. The van der Waals surface area contributed by atoms with Gasteiger partial charge in [-0.3, -0.25) is 4.18 Å². The van der Waals surface area contributed by atoms with Crippen molar-refractivity contribution in [2.75, 3.05) is 6.61 Å². The van der Waals surface area contributed by atoms with E-state index in [4.69, 9.17) is 4.18 Å². The third-order valence-corrected chi connectivity index (χ3v) is 4.17. The third-order valence-electron chi connectivity index (χ3n) is 2.85. The molecule has 1 rings (SSSR count). The quantitative estimate of drug-likeness (QED) is 0.821. The van der Waals surface area contributed by atoms with Gasteiger partial charge >= 0.3 is 0 Å². The van der Waals surface area contributed by atoms with E-state index in [-0.39, 0.29) is 16.9 Å². The van der Waals surface area contributed by atoms with Gasteiger partial charge in [0.25, 0.3) is 10.1 Å². The van der Waals surface area contributed by atoms with Gasteiger partial charge in [-0.05, 0) is 37.3 Å². The average Bonchev–Trinajstić information content (AvgIpc) is 2.26. The lowest BCUT2D eigenvalue weighted by Crippen LogP contribution is -2.20. The summed E-state index contributed by atoms with van der Waals surface area (Å²) < 4.78 is 28.8. The van der Waals surface area contributed by atoms with E-state index >= 15 is 0 Å². The highest BCUT2D eigenvalue weighted by molar-refractivity contribution is 7.86. The van der Waals surface area contributed by atoms with Crippen molar-refractivity contribution in [2.45, 2.75) is 51.5 Å². The molecule has 0 aliphatic rings. The molecule has 0 aliphatic carbocycles. The van der Waals surface area contributed by atoms with E-state index in [1.54, 1.807) is 12.1 Å². The number of aliphatic hydroxyl groups is 1. The van der Waals surface area contributed by atoms with Crippen LogP contribution < -0.4 is 0 Å². The minimum atomic E-state index is -3.73. The summed E-state index contributed by atoms with van der Waals surface area (Å²) in [4.78, 5) is 0.147. The Kier molecular flexibility index (Phi) is 5.74. The maximum absolute atomic E-state index is 11.9. The highest BCUT2D eigenvalue weighted by Crippen LogP contribution is 2.22. The van der Waals surface area contributed by atoms with Crippen molar-refractivity contribution < 1.29 is 17.7 Å². The van der Waals surface area contributed by atoms with Gasteiger partial charge in [-0.15, -0.1) is 0 Å². The lowest BCUT2D eigenvalue weighted by atomic mass is 9.88. The Bertz CT molecular complexity index is 512. The minimum Gasteiger partial charge on any atom is -0.393 e. The highest BCUT2D eigenvalue weighted by Gasteiger charge is 2.19. The molecule has 1 aromatic rings. The molecule has 0 heterocycles. The Balaban J connectivity index is 2.50. The molecule has 1 atom stereocenters. The molecule has 4 nitrogen and oxygen atoms in total. The van der Waals surface area contributed by atoms with E-state index in [2.05, 4.69) is 0 Å². The van der Waals surface area contributed by atoms with Crippen molar-refractivity contribution >= 4 is 10.1 Å². The SMILES string of the molecule is Cc1ccc(S(=O)(=O)OCC[C@H](O)CC(C)(C)C)cc1. The van der Waals surface area contributed by atoms with E-state index in [0.29, 0.717) is 12.8 Å². The molecule has 114 valence electrons. The van der Waals surface area contributed by atoms with Crippen LogP contribution in [0, 0.1) is 12.3 Å². The topological polar surface area (TPSA) is 63.6 Å². The first-order valence-electron chi connectivity index (χ1n) is 6.74. The molecule has 0 radical (unpaired) electrons. The van der Waals surface area contributed by atoms with E-state index in [1.807, 2.05) is 27.7 Å². The Labute approximate surface area is 121 Å². The Morgan fingerprint density at radius 3 is 2.25 bits per heavy atom. The lowest BCUT2D eigenvalue weighted by molar-refractivity contribution is 0.0977. The van der Waals surface area contributed by atoms with Crippen LogP contribution in [0.3, 0.4) is 0 Å². The minimum absolute atomic E-state index is 0.00649. The predicted octanol–water partition coefficient (Wildman–Crippen LogP) is 2.89. The molecular formula is C15H24O4S. The van der Waals surface area contributed by atoms with E-state index in [0.717, 1.165) is 5.56 Å². The summed E-state index contributed by atoms with van der Waals surface area (Å²) in [5.74, 6) is 0. The van der Waals surface area contributed by atoms with Gasteiger partial charge in [0, 0.05) is 0 Å². The molecule has 0 saturated carbocycles. The number of aryl methyl sites for hydroxylation is 1. The van der Waals surface area contributed by atoms with E-state index < -0.39 is 16.2 Å². The molecule has 20 heavy (non-hydrogen) atoms. The van der Waals surface area contributed by atoms with Crippen LogP contribution in [0.1, 0.15) is 39.2 Å². The van der Waals surface area contributed by atoms with Crippen molar-refractivity contribution in [3.05, 3.63) is 29.8 Å². The van der Waals surface area contributed by atoms with Crippen molar-refractivity contribution in [1.29, 1.82) is 0 Å². The van der Waals surface area contributed by atoms with Crippen molar-refractivity contribution in [2.24, 2.45) is 5.41 Å². The number of hydrogen-bond acceptors (Lipinski definition) is 4. The largest absolute Gasteiger partial charge is 0.393 e. The van der Waals surface area contributed by atoms with E-state index in [1.165, 1.54) is 12.1 Å². The van der Waals surface area contributed by atoms with Crippen LogP contribution in [-0.2, 0) is 14.3 Å². The van der Waals surface area contributed by atoms with Crippen molar-refractivity contribution in [1.82, 2.24) is 0 Å². The first kappa shape index (κ1) is 17.1. The van der Waals surface area contributed by atoms with Crippen LogP contribution in [0.4, 0.5) is 0 Å². The number of rotatable bonds is 6. The molecule has 0 unspecified atom stereocenters. The Morgan fingerprint density at radius 2 is 1.75 bits per heavy atom. The predicted molar refractivity (Wildman–Crippen MR) is 79.0 cm³/mol. The zero-order valence-electron chi connectivity index (χ0n) is 12.6. The summed E-state index contributed by atoms with van der Waals surface area (Å²) in [5, 5.41) is 9.81. The van der Waals surface area contributed by atoms with Gasteiger partial charge in [-0.25, -0.2) is 0 Å². The van der Waals surface area contributed by atoms with Gasteiger partial charge in [-0.2, -0.15) is 8.42 Å². The highest BCUT2D eigenvalue weighted by atomic mass is 32.2. The molecule has 0 aliphatic heterocycles. The van der Waals surface area contributed by atoms with Crippen LogP contribution in [0.5, 0.6) is 0 Å². The van der Waals surface area contributed by atoms with Gasteiger partial charge in [0.05, 0.1) is 17.6 Å². The summed E-state index contributed by atoms with van der Waals surface area (Å²) in [6, 6.07) is 6.50. The van der Waals surface area contributed by atoms with Crippen molar-refractivity contribution in [3.63, 3.8) is 0 Å². The molecule has 5 heteroatoms. The smallest absolute Gasteiger partial charge is 0.296 e. The Hall–Kier alpha value is -0.910. The Morgan fingerprint density at radius 1 is 1.20 bits per heavy atom.